The minimum Gasteiger partial charge on any atom is -0.333 e. The molecule has 0 spiro atoms. The first-order chi connectivity index (χ1) is 11.4. The van der Waals surface area contributed by atoms with Crippen molar-refractivity contribution >= 4 is 38.9 Å². The van der Waals surface area contributed by atoms with Crippen LogP contribution in [0, 0.1) is 0 Å². The summed E-state index contributed by atoms with van der Waals surface area (Å²) in [7, 11) is -2.04. The lowest BCUT2D eigenvalue weighted by Crippen LogP contribution is -2.44. The Morgan fingerprint density at radius 2 is 1.96 bits per heavy atom. The van der Waals surface area contributed by atoms with Crippen LogP contribution in [0.4, 0.5) is 18.9 Å². The van der Waals surface area contributed by atoms with Gasteiger partial charge < -0.3 is 10.2 Å². The molecule has 1 N–H and O–H groups in total. The third kappa shape index (κ3) is 4.63. The molecule has 0 radical (unpaired) electrons. The molecule has 0 saturated carbocycles. The monoisotopic (exact) mass is 398 g/mol. The number of sulfone groups is 1. The summed E-state index contributed by atoms with van der Waals surface area (Å²) in [5.41, 5.74) is -1.80. The lowest BCUT2D eigenvalue weighted by molar-refractivity contribution is -0.143. The highest BCUT2D eigenvalue weighted by Crippen LogP contribution is 2.36. The number of halogens is 4. The van der Waals surface area contributed by atoms with Gasteiger partial charge in [0.05, 0.1) is 22.8 Å². The van der Waals surface area contributed by atoms with Crippen molar-refractivity contribution in [3.05, 3.63) is 28.8 Å². The molecule has 0 aliphatic carbocycles. The molecule has 1 fully saturated rings. The van der Waals surface area contributed by atoms with E-state index >= 15 is 0 Å². The van der Waals surface area contributed by atoms with Gasteiger partial charge in [0.1, 0.15) is 0 Å². The second-order valence-electron chi connectivity index (χ2n) is 5.61. The maximum absolute atomic E-state index is 13.0. The molecule has 1 saturated heterocycles. The van der Waals surface area contributed by atoms with Crippen molar-refractivity contribution in [1.82, 2.24) is 4.90 Å². The predicted molar refractivity (Wildman–Crippen MR) is 84.9 cm³/mol. The topological polar surface area (TPSA) is 83.6 Å². The molecule has 1 aromatic rings. The molecule has 1 atom stereocenters. The van der Waals surface area contributed by atoms with Gasteiger partial charge in [-0.05, 0) is 24.6 Å². The van der Waals surface area contributed by atoms with Crippen molar-refractivity contribution in [2.75, 3.05) is 23.9 Å². The fourth-order valence-corrected chi connectivity index (χ4v) is 4.39. The van der Waals surface area contributed by atoms with E-state index in [-0.39, 0.29) is 22.9 Å². The SMILES string of the molecule is CN(C(=O)C(=O)Nc1ccc(Cl)cc1C(F)(F)F)C1CCS(=O)(=O)C1. The summed E-state index contributed by atoms with van der Waals surface area (Å²) in [5.74, 6) is -2.80. The number of hydrogen-bond acceptors (Lipinski definition) is 4. The number of rotatable bonds is 2. The standard InChI is InChI=1S/C14H14ClF3N2O4S/c1-20(9-4-5-25(23,24)7-9)13(22)12(21)19-11-3-2-8(15)6-10(11)14(16,17)18/h2-3,6,9H,4-5,7H2,1H3,(H,19,21). The average molecular weight is 399 g/mol. The number of benzene rings is 1. The van der Waals surface area contributed by atoms with Gasteiger partial charge in [-0.25, -0.2) is 8.42 Å². The Kier molecular flexibility index (Phi) is 5.33. The summed E-state index contributed by atoms with van der Waals surface area (Å²) < 4.78 is 61.9. The average Bonchev–Trinajstić information content (AvgIpc) is 2.86. The Balaban J connectivity index is 2.16. The van der Waals surface area contributed by atoms with Gasteiger partial charge in [-0.1, -0.05) is 11.6 Å². The van der Waals surface area contributed by atoms with Crippen molar-refractivity contribution in [1.29, 1.82) is 0 Å². The Morgan fingerprint density at radius 1 is 1.32 bits per heavy atom. The largest absolute Gasteiger partial charge is 0.418 e. The van der Waals surface area contributed by atoms with Crippen LogP contribution in [0.2, 0.25) is 5.02 Å². The normalized spacial score (nSPS) is 19.5. The zero-order chi connectivity index (χ0) is 19.0. The number of alkyl halides is 3. The van der Waals surface area contributed by atoms with Crippen LogP contribution in [0.25, 0.3) is 0 Å². The second kappa shape index (κ2) is 6.83. The van der Waals surface area contributed by atoms with Gasteiger partial charge in [0.25, 0.3) is 0 Å². The Bertz CT molecular complexity index is 811. The van der Waals surface area contributed by atoms with E-state index in [1.807, 2.05) is 5.32 Å². The molecule has 6 nitrogen and oxygen atoms in total. The summed E-state index contributed by atoms with van der Waals surface area (Å²) in [6.45, 7) is 0. The zero-order valence-corrected chi connectivity index (χ0v) is 14.5. The van der Waals surface area contributed by atoms with Crippen molar-refractivity contribution in [3.63, 3.8) is 0 Å². The minimum absolute atomic E-state index is 0.105. The smallest absolute Gasteiger partial charge is 0.333 e. The van der Waals surface area contributed by atoms with Crippen molar-refractivity contribution in [2.45, 2.75) is 18.6 Å². The molecular formula is C14H14ClF3N2O4S. The fourth-order valence-electron chi connectivity index (χ4n) is 2.44. The Morgan fingerprint density at radius 3 is 2.48 bits per heavy atom. The molecule has 11 heteroatoms. The third-order valence-electron chi connectivity index (χ3n) is 3.81. The van der Waals surface area contributed by atoms with E-state index in [9.17, 15) is 31.2 Å². The highest BCUT2D eigenvalue weighted by molar-refractivity contribution is 7.91. The number of carbonyl (C=O) groups is 2. The van der Waals surface area contributed by atoms with Crippen LogP contribution in [0.1, 0.15) is 12.0 Å². The van der Waals surface area contributed by atoms with Crippen LogP contribution in [0.5, 0.6) is 0 Å². The quantitative estimate of drug-likeness (QED) is 0.772. The van der Waals surface area contributed by atoms with E-state index in [1.165, 1.54) is 7.05 Å². The molecule has 1 aromatic carbocycles. The van der Waals surface area contributed by atoms with Gasteiger partial charge in [-0.15, -0.1) is 0 Å². The molecule has 1 unspecified atom stereocenters. The van der Waals surface area contributed by atoms with Crippen LogP contribution in [-0.4, -0.2) is 49.7 Å². The summed E-state index contributed by atoms with van der Waals surface area (Å²) in [5, 5.41) is 1.73. The van der Waals surface area contributed by atoms with Gasteiger partial charge >= 0.3 is 18.0 Å². The number of amides is 2. The molecule has 0 aromatic heterocycles. The minimum atomic E-state index is -4.78. The van der Waals surface area contributed by atoms with E-state index in [2.05, 4.69) is 0 Å². The van der Waals surface area contributed by atoms with Crippen LogP contribution < -0.4 is 5.32 Å². The number of likely N-dealkylation sites (N-methyl/N-ethyl adjacent to an activating group) is 1. The number of anilines is 1. The number of carbonyl (C=O) groups excluding carboxylic acids is 2. The second-order valence-corrected chi connectivity index (χ2v) is 8.28. The van der Waals surface area contributed by atoms with Gasteiger partial charge in [-0.2, -0.15) is 13.2 Å². The molecule has 1 aliphatic rings. The summed E-state index contributed by atoms with van der Waals surface area (Å²) in [6.07, 6.45) is -4.60. The highest BCUT2D eigenvalue weighted by atomic mass is 35.5. The van der Waals surface area contributed by atoms with Crippen molar-refractivity contribution < 1.29 is 31.2 Å². The lowest BCUT2D eigenvalue weighted by Gasteiger charge is -2.23. The molecular weight excluding hydrogens is 385 g/mol. The zero-order valence-electron chi connectivity index (χ0n) is 12.9. The Hall–Kier alpha value is -1.81. The molecule has 138 valence electrons. The molecule has 2 amide bonds. The maximum atomic E-state index is 13.0. The van der Waals surface area contributed by atoms with Gasteiger partial charge in [-0.3, -0.25) is 9.59 Å². The lowest BCUT2D eigenvalue weighted by atomic mass is 10.1. The van der Waals surface area contributed by atoms with Crippen molar-refractivity contribution in [2.24, 2.45) is 0 Å². The summed E-state index contributed by atoms with van der Waals surface area (Å²) in [6, 6.07) is 2.03. The maximum Gasteiger partial charge on any atom is 0.418 e. The van der Waals surface area contributed by atoms with E-state index in [4.69, 9.17) is 11.6 Å². The number of nitrogens with one attached hydrogen (secondary N) is 1. The van der Waals surface area contributed by atoms with E-state index in [1.54, 1.807) is 0 Å². The molecule has 2 rings (SSSR count). The van der Waals surface area contributed by atoms with Crippen LogP contribution >= 0.6 is 11.6 Å². The van der Waals surface area contributed by atoms with E-state index in [0.717, 1.165) is 17.0 Å². The molecule has 1 heterocycles. The molecule has 1 aliphatic heterocycles. The van der Waals surface area contributed by atoms with Crippen molar-refractivity contribution in [3.8, 4) is 0 Å². The predicted octanol–water partition coefficient (Wildman–Crippen LogP) is 1.94. The van der Waals surface area contributed by atoms with E-state index < -0.39 is 45.1 Å². The Labute approximate surface area is 146 Å². The van der Waals surface area contributed by atoms with Crippen LogP contribution in [-0.2, 0) is 25.6 Å². The fraction of sp³-hybridized carbons (Fsp3) is 0.429. The molecule has 0 bridgehead atoms. The van der Waals surface area contributed by atoms with E-state index in [0.29, 0.717) is 6.07 Å². The first-order valence-corrected chi connectivity index (χ1v) is 9.26. The highest BCUT2D eigenvalue weighted by Gasteiger charge is 2.37. The van der Waals surface area contributed by atoms with Gasteiger partial charge in [0.2, 0.25) is 0 Å². The number of hydrogen-bond donors (Lipinski definition) is 1. The first kappa shape index (κ1) is 19.5. The summed E-state index contributed by atoms with van der Waals surface area (Å²) >= 11 is 5.54. The number of nitrogens with zero attached hydrogens (tertiary/aromatic N) is 1. The molecule has 25 heavy (non-hydrogen) atoms. The first-order valence-electron chi connectivity index (χ1n) is 7.06. The van der Waals surface area contributed by atoms with Crippen LogP contribution in [0.15, 0.2) is 18.2 Å². The summed E-state index contributed by atoms with van der Waals surface area (Å²) in [4.78, 5) is 25.0. The van der Waals surface area contributed by atoms with Crippen LogP contribution in [0.3, 0.4) is 0 Å². The van der Waals surface area contributed by atoms with Gasteiger partial charge in [0.15, 0.2) is 9.84 Å². The van der Waals surface area contributed by atoms with Gasteiger partial charge in [0, 0.05) is 18.1 Å². The third-order valence-corrected chi connectivity index (χ3v) is 5.79.